The van der Waals surface area contributed by atoms with Gasteiger partial charge in [0.2, 0.25) is 0 Å². The Kier molecular flexibility index (Phi) is 5.28. The van der Waals surface area contributed by atoms with E-state index < -0.39 is 0 Å². The van der Waals surface area contributed by atoms with Crippen molar-refractivity contribution in [2.24, 2.45) is 5.16 Å². The quantitative estimate of drug-likeness (QED) is 0.424. The van der Waals surface area contributed by atoms with Gasteiger partial charge in [-0.25, -0.2) is 4.98 Å². The number of nitrogens with one attached hydrogen (secondary N) is 1. The van der Waals surface area contributed by atoms with E-state index in [-0.39, 0.29) is 10.8 Å². The summed E-state index contributed by atoms with van der Waals surface area (Å²) in [6.45, 7) is 12.9. The van der Waals surface area contributed by atoms with E-state index in [0.717, 1.165) is 50.2 Å². The fourth-order valence-corrected chi connectivity index (χ4v) is 5.75. The second-order valence-electron chi connectivity index (χ2n) is 9.16. The molecule has 4 rings (SSSR count). The molecule has 6 nitrogen and oxygen atoms in total. The van der Waals surface area contributed by atoms with Crippen LogP contribution in [0.5, 0.6) is 5.75 Å². The van der Waals surface area contributed by atoms with E-state index in [1.165, 1.54) is 11.1 Å². The topological polar surface area (TPSA) is 72.4 Å². The van der Waals surface area contributed by atoms with E-state index in [9.17, 15) is 0 Å². The molecule has 7 heteroatoms. The average Bonchev–Trinajstić information content (AvgIpc) is 3.17. The summed E-state index contributed by atoms with van der Waals surface area (Å²) in [5.41, 5.74) is 8.28. The fourth-order valence-electron chi connectivity index (χ4n) is 4.85. The zero-order valence-electron chi connectivity index (χ0n) is 19.5. The third-order valence-corrected chi connectivity index (χ3v) is 7.29. The van der Waals surface area contributed by atoms with E-state index in [1.54, 1.807) is 26.0 Å². The molecule has 0 aliphatic heterocycles. The van der Waals surface area contributed by atoms with E-state index >= 15 is 0 Å². The van der Waals surface area contributed by atoms with Crippen LogP contribution in [0.25, 0.3) is 11.0 Å². The number of aromatic nitrogens is 3. The number of hydrogen-bond acceptors (Lipinski definition) is 6. The van der Waals surface area contributed by atoms with Crippen LogP contribution in [0.4, 0.5) is 0 Å². The predicted octanol–water partition coefficient (Wildman–Crippen LogP) is 5.45. The van der Waals surface area contributed by atoms with Gasteiger partial charge in [-0.15, -0.1) is 0 Å². The minimum atomic E-state index is -0.214. The lowest BCUT2D eigenvalue weighted by Crippen LogP contribution is -2.34. The Morgan fingerprint density at radius 2 is 1.74 bits per heavy atom. The molecule has 2 aromatic heterocycles. The summed E-state index contributed by atoms with van der Waals surface area (Å²) in [4.78, 5) is 18.1. The number of nitrogens with zero attached hydrogens (tertiary/aromatic N) is 3. The molecule has 0 bridgehead atoms. The maximum Gasteiger partial charge on any atom is 0.166 e. The number of hydrogen-bond donors (Lipinski definition) is 1. The van der Waals surface area contributed by atoms with Gasteiger partial charge in [-0.3, -0.25) is 4.98 Å². The molecule has 3 aromatic rings. The van der Waals surface area contributed by atoms with Gasteiger partial charge < -0.3 is 14.6 Å². The highest BCUT2D eigenvalue weighted by atomic mass is 32.2. The summed E-state index contributed by atoms with van der Waals surface area (Å²) < 4.78 is 5.54. The first-order valence-electron chi connectivity index (χ1n) is 10.4. The number of methoxy groups -OCH3 is 1. The SMILES string of the molecule is CO/N=C1/C(C)(C)c2cc3nc(SCc4ncc(C)c(OC)c4C)[nH]c3cc2C1(C)C. The highest BCUT2D eigenvalue weighted by molar-refractivity contribution is 7.98. The third kappa shape index (κ3) is 3.39. The molecule has 1 aliphatic carbocycles. The maximum absolute atomic E-state index is 5.54. The molecule has 1 aliphatic rings. The molecule has 0 saturated heterocycles. The molecule has 0 radical (unpaired) electrons. The van der Waals surface area contributed by atoms with Gasteiger partial charge in [-0.2, -0.15) is 0 Å². The maximum atomic E-state index is 5.54. The summed E-state index contributed by atoms with van der Waals surface area (Å²) in [6, 6.07) is 4.42. The number of benzene rings is 1. The number of H-pyrrole nitrogens is 1. The van der Waals surface area contributed by atoms with Crippen LogP contribution in [0.15, 0.2) is 28.6 Å². The Hall–Kier alpha value is -2.54. The molecule has 0 saturated carbocycles. The number of imidazole rings is 1. The number of thioether (sulfide) groups is 1. The van der Waals surface area contributed by atoms with Crippen molar-refractivity contribution in [3.8, 4) is 5.75 Å². The molecule has 0 atom stereocenters. The van der Waals surface area contributed by atoms with Gasteiger partial charge in [0.25, 0.3) is 0 Å². The van der Waals surface area contributed by atoms with Crippen LogP contribution in [0, 0.1) is 13.8 Å². The van der Waals surface area contributed by atoms with Gasteiger partial charge in [0.1, 0.15) is 12.9 Å². The number of aromatic amines is 1. The van der Waals surface area contributed by atoms with Crippen LogP contribution in [0.2, 0.25) is 0 Å². The van der Waals surface area contributed by atoms with Gasteiger partial charge in [-0.05, 0) is 37.1 Å². The molecule has 1 aromatic carbocycles. The van der Waals surface area contributed by atoms with Crippen molar-refractivity contribution >= 4 is 28.5 Å². The van der Waals surface area contributed by atoms with E-state index in [0.29, 0.717) is 0 Å². The van der Waals surface area contributed by atoms with Crippen molar-refractivity contribution in [2.45, 2.75) is 63.3 Å². The van der Waals surface area contributed by atoms with Crippen molar-refractivity contribution < 1.29 is 9.57 Å². The van der Waals surface area contributed by atoms with Crippen LogP contribution in [-0.4, -0.2) is 34.9 Å². The lowest BCUT2D eigenvalue weighted by molar-refractivity contribution is 0.208. The molecular weight excluding hydrogens is 408 g/mol. The van der Waals surface area contributed by atoms with Crippen molar-refractivity contribution in [2.75, 3.05) is 14.2 Å². The van der Waals surface area contributed by atoms with Crippen molar-refractivity contribution in [3.05, 3.63) is 46.3 Å². The largest absolute Gasteiger partial charge is 0.496 e. The molecule has 31 heavy (non-hydrogen) atoms. The molecule has 0 spiro atoms. The molecule has 0 amide bonds. The van der Waals surface area contributed by atoms with E-state index in [1.807, 2.05) is 13.1 Å². The third-order valence-electron chi connectivity index (χ3n) is 6.41. The Balaban J connectivity index is 1.67. The Labute approximate surface area is 187 Å². The monoisotopic (exact) mass is 438 g/mol. The minimum Gasteiger partial charge on any atom is -0.496 e. The van der Waals surface area contributed by atoms with E-state index in [4.69, 9.17) is 14.6 Å². The highest BCUT2D eigenvalue weighted by Gasteiger charge is 2.49. The van der Waals surface area contributed by atoms with Crippen molar-refractivity contribution in [1.82, 2.24) is 15.0 Å². The van der Waals surface area contributed by atoms with Crippen LogP contribution < -0.4 is 4.74 Å². The number of pyridine rings is 1. The zero-order valence-corrected chi connectivity index (χ0v) is 20.3. The predicted molar refractivity (Wildman–Crippen MR) is 126 cm³/mol. The number of oxime groups is 1. The summed E-state index contributed by atoms with van der Waals surface area (Å²) in [6.07, 6.45) is 1.87. The van der Waals surface area contributed by atoms with Gasteiger partial charge in [0.05, 0.1) is 29.5 Å². The Bertz CT molecular complexity index is 1140. The molecule has 1 N–H and O–H groups in total. The van der Waals surface area contributed by atoms with Gasteiger partial charge in [0, 0.05) is 33.9 Å². The molecular formula is C24H30N4O2S. The normalized spacial score (nSPS) is 17.9. The summed E-state index contributed by atoms with van der Waals surface area (Å²) in [7, 11) is 3.31. The minimum absolute atomic E-state index is 0.207. The van der Waals surface area contributed by atoms with Crippen LogP contribution in [0.3, 0.4) is 0 Å². The lowest BCUT2D eigenvalue weighted by Gasteiger charge is -2.25. The van der Waals surface area contributed by atoms with Crippen LogP contribution in [-0.2, 0) is 21.4 Å². The van der Waals surface area contributed by atoms with Gasteiger partial charge in [0.15, 0.2) is 5.16 Å². The van der Waals surface area contributed by atoms with Crippen molar-refractivity contribution in [3.63, 3.8) is 0 Å². The van der Waals surface area contributed by atoms with Gasteiger partial charge in [-0.1, -0.05) is 44.6 Å². The number of fused-ring (bicyclic) bond motifs is 2. The van der Waals surface area contributed by atoms with Crippen LogP contribution >= 0.6 is 11.8 Å². The first-order valence-corrected chi connectivity index (χ1v) is 11.4. The molecule has 0 unspecified atom stereocenters. The Morgan fingerprint density at radius 1 is 1.06 bits per heavy atom. The summed E-state index contributed by atoms with van der Waals surface area (Å²) in [5, 5.41) is 5.28. The van der Waals surface area contributed by atoms with Crippen molar-refractivity contribution in [1.29, 1.82) is 0 Å². The zero-order chi connectivity index (χ0) is 22.6. The Morgan fingerprint density at radius 3 is 2.39 bits per heavy atom. The first kappa shape index (κ1) is 21.7. The van der Waals surface area contributed by atoms with Crippen LogP contribution in [0.1, 0.15) is 55.6 Å². The molecule has 164 valence electrons. The first-order chi connectivity index (χ1) is 14.6. The second kappa shape index (κ2) is 7.55. The molecule has 2 heterocycles. The smallest absolute Gasteiger partial charge is 0.166 e. The summed E-state index contributed by atoms with van der Waals surface area (Å²) >= 11 is 1.66. The average molecular weight is 439 g/mol. The second-order valence-corrected chi connectivity index (χ2v) is 10.1. The standard InChI is InChI=1S/C24H30N4O2S/c1-13-11-25-19(14(2)20(13)29-7)12-31-22-26-17-9-15-16(10-18(17)27-22)24(5,6)21(28-30-8)23(15,3)4/h9-11H,12H2,1-8H3,(H,26,27). The fraction of sp³-hybridized carbons (Fsp3) is 0.458. The number of rotatable bonds is 5. The number of ether oxygens (including phenoxy) is 1. The molecule has 0 fully saturated rings. The van der Waals surface area contributed by atoms with E-state index in [2.05, 4.69) is 61.9 Å². The van der Waals surface area contributed by atoms with Gasteiger partial charge >= 0.3 is 0 Å². The number of aryl methyl sites for hydroxylation is 1. The summed E-state index contributed by atoms with van der Waals surface area (Å²) in [5.74, 6) is 1.63. The lowest BCUT2D eigenvalue weighted by atomic mass is 9.79. The highest BCUT2D eigenvalue weighted by Crippen LogP contribution is 2.48.